The number of para-hydroxylation sites is 1. The fourth-order valence-corrected chi connectivity index (χ4v) is 1.70. The number of benzene rings is 1. The zero-order chi connectivity index (χ0) is 12.4. The maximum absolute atomic E-state index is 11.7. The summed E-state index contributed by atoms with van der Waals surface area (Å²) in [5.74, 6) is -0.637. The van der Waals surface area contributed by atoms with Gasteiger partial charge in [-0.1, -0.05) is 12.5 Å². The number of carbonyl (C=O) groups is 1. The molecule has 6 nitrogen and oxygen atoms in total. The molecule has 0 radical (unpaired) electrons. The Morgan fingerprint density at radius 3 is 2.71 bits per heavy atom. The van der Waals surface area contributed by atoms with Gasteiger partial charge in [-0.2, -0.15) is 0 Å². The molecule has 1 aliphatic rings. The number of aromatic hydroxyl groups is 1. The molecule has 17 heavy (non-hydrogen) atoms. The van der Waals surface area contributed by atoms with Gasteiger partial charge in [-0.05, 0) is 18.9 Å². The Labute approximate surface area is 97.4 Å². The Morgan fingerprint density at radius 1 is 1.47 bits per heavy atom. The predicted octanol–water partition coefficient (Wildman–Crippen LogP) is 2.04. The minimum Gasteiger partial charge on any atom is -0.505 e. The number of nitro benzene ring substituents is 1. The largest absolute Gasteiger partial charge is 0.505 e. The number of nitrogens with one attached hydrogen (secondary N) is 1. The number of phenolic OH excluding ortho intramolecular Hbond substituents is 1. The summed E-state index contributed by atoms with van der Waals surface area (Å²) in [6.07, 6.45) is 2.60. The van der Waals surface area contributed by atoms with E-state index in [-0.39, 0.29) is 28.9 Å². The Hall–Kier alpha value is -2.11. The predicted molar refractivity (Wildman–Crippen MR) is 60.7 cm³/mol. The summed E-state index contributed by atoms with van der Waals surface area (Å²) in [5.41, 5.74) is -0.410. The van der Waals surface area contributed by atoms with E-state index < -0.39 is 4.92 Å². The molecule has 1 fully saturated rings. The van der Waals surface area contributed by atoms with Gasteiger partial charge >= 0.3 is 0 Å². The van der Waals surface area contributed by atoms with E-state index >= 15 is 0 Å². The van der Waals surface area contributed by atoms with Gasteiger partial charge in [-0.15, -0.1) is 0 Å². The highest BCUT2D eigenvalue weighted by Gasteiger charge is 2.28. The average Bonchev–Trinajstić information content (AvgIpc) is 2.17. The minimum absolute atomic E-state index is 0.0887. The third kappa shape index (κ3) is 2.20. The van der Waals surface area contributed by atoms with E-state index in [4.69, 9.17) is 0 Å². The van der Waals surface area contributed by atoms with Gasteiger partial charge in [0, 0.05) is 12.0 Å². The van der Waals surface area contributed by atoms with Gasteiger partial charge in [-0.25, -0.2) is 0 Å². The lowest BCUT2D eigenvalue weighted by atomic mass is 9.85. The number of carbonyl (C=O) groups excluding carboxylic acids is 1. The number of amides is 1. The van der Waals surface area contributed by atoms with Crippen molar-refractivity contribution >= 4 is 17.3 Å². The van der Waals surface area contributed by atoms with E-state index in [0.717, 1.165) is 19.3 Å². The van der Waals surface area contributed by atoms with E-state index in [0.29, 0.717) is 0 Å². The number of hydrogen-bond acceptors (Lipinski definition) is 4. The summed E-state index contributed by atoms with van der Waals surface area (Å²) in [5, 5.41) is 22.7. The molecule has 1 aliphatic carbocycles. The Kier molecular flexibility index (Phi) is 2.95. The van der Waals surface area contributed by atoms with Gasteiger partial charge in [0.1, 0.15) is 5.75 Å². The lowest BCUT2D eigenvalue weighted by molar-refractivity contribution is -0.384. The molecule has 0 unspecified atom stereocenters. The van der Waals surface area contributed by atoms with Crippen LogP contribution in [0.2, 0.25) is 0 Å². The molecule has 1 amide bonds. The van der Waals surface area contributed by atoms with E-state index in [9.17, 15) is 20.0 Å². The Bertz CT molecular complexity index is 469. The molecular weight excluding hydrogens is 224 g/mol. The number of rotatable bonds is 3. The Morgan fingerprint density at radius 2 is 2.18 bits per heavy atom. The summed E-state index contributed by atoms with van der Waals surface area (Å²) in [7, 11) is 0. The van der Waals surface area contributed by atoms with Crippen LogP contribution in [0.1, 0.15) is 19.3 Å². The van der Waals surface area contributed by atoms with Gasteiger partial charge in [0.2, 0.25) is 5.91 Å². The van der Waals surface area contributed by atoms with Crippen LogP contribution in [0.15, 0.2) is 18.2 Å². The summed E-state index contributed by atoms with van der Waals surface area (Å²) in [4.78, 5) is 21.8. The smallest absolute Gasteiger partial charge is 0.296 e. The highest BCUT2D eigenvalue weighted by atomic mass is 16.6. The molecule has 1 saturated carbocycles. The first-order valence-corrected chi connectivity index (χ1v) is 5.37. The van der Waals surface area contributed by atoms with Crippen molar-refractivity contribution in [3.05, 3.63) is 28.3 Å². The van der Waals surface area contributed by atoms with Crippen molar-refractivity contribution in [2.75, 3.05) is 5.32 Å². The van der Waals surface area contributed by atoms with Gasteiger partial charge in [0.25, 0.3) is 5.69 Å². The van der Waals surface area contributed by atoms with Crippen molar-refractivity contribution < 1.29 is 14.8 Å². The fraction of sp³-hybridized carbons (Fsp3) is 0.364. The van der Waals surface area contributed by atoms with Crippen molar-refractivity contribution in [1.82, 2.24) is 0 Å². The molecule has 0 heterocycles. The number of hydrogen-bond donors (Lipinski definition) is 2. The first-order chi connectivity index (χ1) is 8.09. The molecular formula is C11H12N2O4. The summed E-state index contributed by atoms with van der Waals surface area (Å²) in [6, 6.07) is 3.92. The van der Waals surface area contributed by atoms with E-state index in [1.165, 1.54) is 18.2 Å². The van der Waals surface area contributed by atoms with Crippen molar-refractivity contribution in [3.63, 3.8) is 0 Å². The van der Waals surface area contributed by atoms with E-state index in [1.54, 1.807) is 0 Å². The van der Waals surface area contributed by atoms with Crippen molar-refractivity contribution in [2.45, 2.75) is 19.3 Å². The maximum atomic E-state index is 11.7. The normalized spacial score (nSPS) is 15.1. The van der Waals surface area contributed by atoms with Gasteiger partial charge in [0.15, 0.2) is 5.69 Å². The zero-order valence-corrected chi connectivity index (χ0v) is 9.05. The van der Waals surface area contributed by atoms with Crippen LogP contribution in [0, 0.1) is 16.0 Å². The van der Waals surface area contributed by atoms with Gasteiger partial charge in [0.05, 0.1) is 4.92 Å². The van der Waals surface area contributed by atoms with Crippen LogP contribution in [-0.4, -0.2) is 15.9 Å². The molecule has 0 bridgehead atoms. The van der Waals surface area contributed by atoms with Crippen molar-refractivity contribution in [3.8, 4) is 5.75 Å². The van der Waals surface area contributed by atoms with Crippen LogP contribution >= 0.6 is 0 Å². The van der Waals surface area contributed by atoms with Crippen LogP contribution < -0.4 is 5.32 Å². The topological polar surface area (TPSA) is 92.5 Å². The molecule has 1 aromatic rings. The van der Waals surface area contributed by atoms with Crippen LogP contribution in [-0.2, 0) is 4.79 Å². The molecule has 2 N–H and O–H groups in total. The van der Waals surface area contributed by atoms with Crippen LogP contribution in [0.5, 0.6) is 5.75 Å². The molecule has 0 aliphatic heterocycles. The van der Waals surface area contributed by atoms with Crippen LogP contribution in [0.25, 0.3) is 0 Å². The van der Waals surface area contributed by atoms with Crippen LogP contribution in [0.4, 0.5) is 11.4 Å². The third-order valence-corrected chi connectivity index (χ3v) is 2.94. The first-order valence-electron chi connectivity index (χ1n) is 5.37. The molecule has 0 aromatic heterocycles. The fourth-order valence-electron chi connectivity index (χ4n) is 1.70. The number of nitrogens with zero attached hydrogens (tertiary/aromatic N) is 1. The summed E-state index contributed by atoms with van der Waals surface area (Å²) in [6.45, 7) is 0. The minimum atomic E-state index is -0.629. The monoisotopic (exact) mass is 236 g/mol. The standard InChI is InChI=1S/C11H12N2O4/c14-9-6-2-5-8(13(16)17)10(9)12-11(15)7-3-1-4-7/h2,5-7,14H,1,3-4H2,(H,12,15). The second kappa shape index (κ2) is 4.40. The molecule has 2 rings (SSSR count). The van der Waals surface area contributed by atoms with Crippen LogP contribution in [0.3, 0.4) is 0 Å². The van der Waals surface area contributed by atoms with Crippen molar-refractivity contribution in [2.24, 2.45) is 5.92 Å². The lowest BCUT2D eigenvalue weighted by Crippen LogP contribution is -2.28. The average molecular weight is 236 g/mol. The van der Waals surface area contributed by atoms with E-state index in [1.807, 2.05) is 0 Å². The zero-order valence-electron chi connectivity index (χ0n) is 9.05. The van der Waals surface area contributed by atoms with Crippen molar-refractivity contribution in [1.29, 1.82) is 0 Å². The second-order valence-corrected chi connectivity index (χ2v) is 4.05. The molecule has 90 valence electrons. The summed E-state index contributed by atoms with van der Waals surface area (Å²) < 4.78 is 0. The number of nitro groups is 1. The Balaban J connectivity index is 2.24. The molecule has 6 heteroatoms. The van der Waals surface area contributed by atoms with Gasteiger partial charge in [-0.3, -0.25) is 14.9 Å². The number of phenols is 1. The third-order valence-electron chi connectivity index (χ3n) is 2.94. The molecule has 1 aromatic carbocycles. The van der Waals surface area contributed by atoms with E-state index in [2.05, 4.69) is 5.32 Å². The molecule has 0 saturated heterocycles. The SMILES string of the molecule is O=C(Nc1c(O)cccc1[N+](=O)[O-])C1CCC1. The summed E-state index contributed by atoms with van der Waals surface area (Å²) >= 11 is 0. The first kappa shape index (κ1) is 11.4. The highest BCUT2D eigenvalue weighted by molar-refractivity contribution is 5.96. The molecule has 0 atom stereocenters. The molecule has 0 spiro atoms. The highest BCUT2D eigenvalue weighted by Crippen LogP contribution is 2.35. The lowest BCUT2D eigenvalue weighted by Gasteiger charge is -2.24. The quantitative estimate of drug-likeness (QED) is 0.477. The van der Waals surface area contributed by atoms with Gasteiger partial charge < -0.3 is 10.4 Å². The number of anilines is 1. The second-order valence-electron chi connectivity index (χ2n) is 4.05. The maximum Gasteiger partial charge on any atom is 0.296 e.